The molecule has 0 aliphatic carbocycles. The number of rotatable bonds is 5. The average molecular weight is 331 g/mol. The Morgan fingerprint density at radius 1 is 1.26 bits per heavy atom. The van der Waals surface area contributed by atoms with Crippen LogP contribution in [0, 0.1) is 0 Å². The van der Waals surface area contributed by atoms with Gasteiger partial charge in [0.25, 0.3) is 0 Å². The van der Waals surface area contributed by atoms with Crippen LogP contribution in [0.15, 0.2) is 35.6 Å². The minimum absolute atomic E-state index is 0.210. The molecule has 6 heteroatoms. The summed E-state index contributed by atoms with van der Waals surface area (Å²) in [6.45, 7) is 1.80. The topological polar surface area (TPSA) is 47.4 Å². The van der Waals surface area contributed by atoms with Crippen LogP contribution < -0.4 is 4.74 Å². The number of methoxy groups -OCH3 is 1. The first-order valence-electron chi connectivity index (χ1n) is 7.76. The zero-order chi connectivity index (χ0) is 16.2. The van der Waals surface area contributed by atoms with Gasteiger partial charge in [0.15, 0.2) is 5.16 Å². The first-order chi connectivity index (χ1) is 11.2. The lowest BCUT2D eigenvalue weighted by Gasteiger charge is -2.14. The molecule has 1 aliphatic heterocycles. The summed E-state index contributed by atoms with van der Waals surface area (Å²) in [5, 5.41) is 0.864. The smallest absolute Gasteiger partial charge is 0.233 e. The molecule has 0 unspecified atom stereocenters. The summed E-state index contributed by atoms with van der Waals surface area (Å²) in [5.74, 6) is 1.50. The number of aromatic nitrogens is 2. The molecular formula is C17H21N3O2S. The Labute approximate surface area is 140 Å². The van der Waals surface area contributed by atoms with Crippen molar-refractivity contribution in [2.75, 3.05) is 26.0 Å². The normalized spacial score (nSPS) is 14.3. The predicted molar refractivity (Wildman–Crippen MR) is 91.7 cm³/mol. The summed E-state index contributed by atoms with van der Waals surface area (Å²) in [6.07, 6.45) is 4.10. The van der Waals surface area contributed by atoms with Gasteiger partial charge < -0.3 is 14.2 Å². The Hall–Kier alpha value is -1.95. The molecule has 2 aromatic rings. The van der Waals surface area contributed by atoms with Crippen LogP contribution in [-0.4, -0.2) is 46.3 Å². The van der Waals surface area contributed by atoms with Crippen molar-refractivity contribution in [3.63, 3.8) is 0 Å². The summed E-state index contributed by atoms with van der Waals surface area (Å²) >= 11 is 1.50. The van der Waals surface area contributed by atoms with Crippen LogP contribution in [0.25, 0.3) is 11.3 Å². The molecule has 0 saturated carbocycles. The zero-order valence-corrected chi connectivity index (χ0v) is 14.3. The molecule has 23 heavy (non-hydrogen) atoms. The van der Waals surface area contributed by atoms with E-state index in [9.17, 15) is 4.79 Å². The second-order valence-corrected chi connectivity index (χ2v) is 6.53. The molecule has 122 valence electrons. The van der Waals surface area contributed by atoms with Gasteiger partial charge in [0.05, 0.1) is 24.8 Å². The molecule has 0 bridgehead atoms. The molecule has 0 spiro atoms. The Morgan fingerprint density at radius 2 is 1.96 bits per heavy atom. The van der Waals surface area contributed by atoms with Crippen LogP contribution >= 0.6 is 11.8 Å². The summed E-state index contributed by atoms with van der Waals surface area (Å²) in [4.78, 5) is 18.5. The molecule has 1 aliphatic rings. The van der Waals surface area contributed by atoms with Gasteiger partial charge in [0.2, 0.25) is 5.91 Å². The van der Waals surface area contributed by atoms with Crippen molar-refractivity contribution < 1.29 is 9.53 Å². The Morgan fingerprint density at radius 3 is 2.61 bits per heavy atom. The first-order valence-corrected chi connectivity index (χ1v) is 8.74. The van der Waals surface area contributed by atoms with E-state index in [1.807, 2.05) is 47.0 Å². The van der Waals surface area contributed by atoms with Crippen LogP contribution in [0.4, 0.5) is 0 Å². The maximum Gasteiger partial charge on any atom is 0.233 e. The molecule has 1 aromatic carbocycles. The molecule has 1 amide bonds. The second kappa shape index (κ2) is 7.08. The number of benzene rings is 1. The van der Waals surface area contributed by atoms with Crippen molar-refractivity contribution in [3.05, 3.63) is 30.5 Å². The van der Waals surface area contributed by atoms with E-state index in [-0.39, 0.29) is 5.91 Å². The highest BCUT2D eigenvalue weighted by Crippen LogP contribution is 2.26. The second-order valence-electron chi connectivity index (χ2n) is 5.59. The quantitative estimate of drug-likeness (QED) is 0.791. The van der Waals surface area contributed by atoms with Gasteiger partial charge in [-0.05, 0) is 37.1 Å². The van der Waals surface area contributed by atoms with E-state index in [1.165, 1.54) is 11.8 Å². The highest BCUT2D eigenvalue weighted by atomic mass is 32.2. The molecule has 2 heterocycles. The molecule has 3 rings (SSSR count). The van der Waals surface area contributed by atoms with Gasteiger partial charge in [0, 0.05) is 25.7 Å². The monoisotopic (exact) mass is 331 g/mol. The summed E-state index contributed by atoms with van der Waals surface area (Å²) < 4.78 is 7.22. The number of ether oxygens (including phenoxy) is 1. The lowest BCUT2D eigenvalue weighted by molar-refractivity contribution is -0.127. The van der Waals surface area contributed by atoms with E-state index < -0.39 is 0 Å². The van der Waals surface area contributed by atoms with Crippen molar-refractivity contribution >= 4 is 17.7 Å². The van der Waals surface area contributed by atoms with Gasteiger partial charge in [-0.25, -0.2) is 4.98 Å². The average Bonchev–Trinajstić information content (AvgIpc) is 3.23. The van der Waals surface area contributed by atoms with Crippen molar-refractivity contribution in [2.45, 2.75) is 18.0 Å². The molecule has 0 atom stereocenters. The molecular weight excluding hydrogens is 310 g/mol. The van der Waals surface area contributed by atoms with Gasteiger partial charge in [-0.2, -0.15) is 0 Å². The van der Waals surface area contributed by atoms with Crippen molar-refractivity contribution in [3.8, 4) is 17.0 Å². The fraction of sp³-hybridized carbons (Fsp3) is 0.412. The largest absolute Gasteiger partial charge is 0.497 e. The summed E-state index contributed by atoms with van der Waals surface area (Å²) in [6, 6.07) is 7.90. The number of carbonyl (C=O) groups excluding carboxylic acids is 1. The molecule has 1 saturated heterocycles. The Kier molecular flexibility index (Phi) is 4.91. The number of imidazole rings is 1. The van der Waals surface area contributed by atoms with Gasteiger partial charge in [0.1, 0.15) is 5.75 Å². The van der Waals surface area contributed by atoms with Crippen LogP contribution in [0.3, 0.4) is 0 Å². The van der Waals surface area contributed by atoms with Gasteiger partial charge in [-0.3, -0.25) is 4.79 Å². The zero-order valence-electron chi connectivity index (χ0n) is 13.5. The third kappa shape index (κ3) is 3.52. The molecule has 1 aromatic heterocycles. The van der Waals surface area contributed by atoms with Crippen molar-refractivity contribution in [1.29, 1.82) is 0 Å². The fourth-order valence-corrected chi connectivity index (χ4v) is 3.60. The van der Waals surface area contributed by atoms with E-state index in [4.69, 9.17) is 4.74 Å². The highest BCUT2D eigenvalue weighted by molar-refractivity contribution is 7.99. The van der Waals surface area contributed by atoms with Crippen LogP contribution in [0.2, 0.25) is 0 Å². The van der Waals surface area contributed by atoms with E-state index in [1.54, 1.807) is 7.11 Å². The molecule has 1 fully saturated rings. The summed E-state index contributed by atoms with van der Waals surface area (Å²) in [7, 11) is 3.64. The van der Waals surface area contributed by atoms with E-state index in [2.05, 4.69) is 4.98 Å². The number of carbonyl (C=O) groups is 1. The lowest BCUT2D eigenvalue weighted by atomic mass is 10.1. The van der Waals surface area contributed by atoms with Gasteiger partial charge in [-0.15, -0.1) is 0 Å². The number of amides is 1. The van der Waals surface area contributed by atoms with E-state index >= 15 is 0 Å². The third-order valence-electron chi connectivity index (χ3n) is 4.11. The number of hydrogen-bond acceptors (Lipinski definition) is 4. The first kappa shape index (κ1) is 15.9. The fourth-order valence-electron chi connectivity index (χ4n) is 2.74. The van der Waals surface area contributed by atoms with Crippen LogP contribution in [0.1, 0.15) is 12.8 Å². The molecule has 0 radical (unpaired) electrons. The number of nitrogens with zero attached hydrogens (tertiary/aromatic N) is 3. The minimum Gasteiger partial charge on any atom is -0.497 e. The standard InChI is InChI=1S/C17H21N3O2S/c1-19-15(13-5-7-14(22-2)8-6-13)11-18-17(19)23-12-16(21)20-9-3-4-10-20/h5-8,11H,3-4,9-10,12H2,1-2H3. The van der Waals surface area contributed by atoms with E-state index in [0.717, 1.165) is 48.1 Å². The third-order valence-corrected chi connectivity index (χ3v) is 5.14. The maximum atomic E-state index is 12.1. The highest BCUT2D eigenvalue weighted by Gasteiger charge is 2.19. The van der Waals surface area contributed by atoms with Crippen LogP contribution in [-0.2, 0) is 11.8 Å². The van der Waals surface area contributed by atoms with Crippen molar-refractivity contribution in [1.82, 2.24) is 14.5 Å². The number of hydrogen-bond donors (Lipinski definition) is 0. The summed E-state index contributed by atoms with van der Waals surface area (Å²) in [5.41, 5.74) is 2.11. The maximum absolute atomic E-state index is 12.1. The number of thioether (sulfide) groups is 1. The lowest BCUT2D eigenvalue weighted by Crippen LogP contribution is -2.29. The van der Waals surface area contributed by atoms with Gasteiger partial charge >= 0.3 is 0 Å². The van der Waals surface area contributed by atoms with E-state index in [0.29, 0.717) is 5.75 Å². The SMILES string of the molecule is COc1ccc(-c2cnc(SCC(=O)N3CCCC3)n2C)cc1. The Bertz CT molecular complexity index is 676. The Balaban J connectivity index is 1.67. The van der Waals surface area contributed by atoms with Crippen LogP contribution in [0.5, 0.6) is 5.75 Å². The van der Waals surface area contributed by atoms with Crippen molar-refractivity contribution in [2.24, 2.45) is 7.05 Å². The minimum atomic E-state index is 0.210. The molecule has 0 N–H and O–H groups in total. The molecule has 5 nitrogen and oxygen atoms in total. The number of likely N-dealkylation sites (tertiary alicyclic amines) is 1. The van der Waals surface area contributed by atoms with Gasteiger partial charge in [-0.1, -0.05) is 11.8 Å². The predicted octanol–water partition coefficient (Wildman–Crippen LogP) is 2.81.